The Morgan fingerprint density at radius 2 is 1.93 bits per heavy atom. The van der Waals surface area contributed by atoms with Crippen molar-refractivity contribution in [1.29, 1.82) is 0 Å². The van der Waals surface area contributed by atoms with Crippen molar-refractivity contribution < 1.29 is 7.59 Å². The molecule has 0 unspecified atom stereocenters. The summed E-state index contributed by atoms with van der Waals surface area (Å²) in [4.78, 5) is 8.90. The fraction of sp³-hybridized carbons (Fsp3) is 0.273. The van der Waals surface area contributed by atoms with E-state index in [2.05, 4.69) is 28.3 Å². The second-order valence-electron chi connectivity index (χ2n) is 6.23. The summed E-state index contributed by atoms with van der Waals surface area (Å²) in [6.45, 7) is 4.01. The number of hydrogen-bond acceptors (Lipinski definition) is 4. The second kappa shape index (κ2) is 10.3. The zero-order valence-corrected chi connectivity index (χ0v) is 16.4. The molecule has 27 heavy (non-hydrogen) atoms. The average molecular weight is 369 g/mol. The van der Waals surface area contributed by atoms with Crippen LogP contribution in [0.2, 0.25) is 0 Å². The highest BCUT2D eigenvalue weighted by Gasteiger charge is 2.08. The van der Waals surface area contributed by atoms with Gasteiger partial charge in [-0.25, -0.2) is 4.99 Å². The first kappa shape index (κ1) is 20.4. The molecule has 1 atom stereocenters. The molecule has 0 spiro atoms. The number of hydrogen-bond donors (Lipinski definition) is 2. The Morgan fingerprint density at radius 1 is 1.22 bits per heavy atom. The molecule has 5 nitrogen and oxygen atoms in total. The summed E-state index contributed by atoms with van der Waals surface area (Å²) >= 11 is 0. The van der Waals surface area contributed by atoms with Gasteiger partial charge in [0.25, 0.3) is 0 Å². The molecule has 0 saturated carbocycles. The van der Waals surface area contributed by atoms with Crippen LogP contribution in [0.5, 0.6) is 5.75 Å². The second-order valence-corrected chi connectivity index (χ2v) is 6.23. The standard InChI is InChI=1S/C22H28N4O.2H2/c1-16-8-5-6-10-21(16)25-15-7-9-20(23)17(2)26-22(24-3)18-11-13-19(27-4)14-12-18;;/h5-8,10-15,20,25H,9,23H2,1-4H3;2*1H/b15-7+,24-22?,26-17?;;/t20-;;/m0../s1. The van der Waals surface area contributed by atoms with Gasteiger partial charge < -0.3 is 15.8 Å². The predicted molar refractivity (Wildman–Crippen MR) is 119 cm³/mol. The number of para-hydroxylation sites is 1. The number of nitrogens with zero attached hydrogens (tertiary/aromatic N) is 2. The first-order valence-corrected chi connectivity index (χ1v) is 8.94. The van der Waals surface area contributed by atoms with Gasteiger partial charge in [-0.05, 0) is 62.4 Å². The van der Waals surface area contributed by atoms with E-state index >= 15 is 0 Å². The third-order valence-corrected chi connectivity index (χ3v) is 4.27. The molecule has 0 bridgehead atoms. The molecule has 146 valence electrons. The summed E-state index contributed by atoms with van der Waals surface area (Å²) in [5, 5.41) is 3.28. The topological polar surface area (TPSA) is 72.0 Å². The van der Waals surface area contributed by atoms with Gasteiger partial charge in [-0.2, -0.15) is 0 Å². The lowest BCUT2D eigenvalue weighted by Crippen LogP contribution is -2.28. The molecule has 0 saturated heterocycles. The van der Waals surface area contributed by atoms with Gasteiger partial charge in [0.05, 0.1) is 7.11 Å². The number of aryl methyl sites for hydroxylation is 1. The third-order valence-electron chi connectivity index (χ3n) is 4.27. The molecular weight excluding hydrogens is 336 g/mol. The van der Waals surface area contributed by atoms with Crippen molar-refractivity contribution in [2.75, 3.05) is 19.5 Å². The molecule has 3 N–H and O–H groups in total. The fourth-order valence-corrected chi connectivity index (χ4v) is 2.50. The van der Waals surface area contributed by atoms with Crippen LogP contribution in [-0.4, -0.2) is 31.7 Å². The van der Waals surface area contributed by atoms with E-state index < -0.39 is 0 Å². The van der Waals surface area contributed by atoms with E-state index in [0.29, 0.717) is 12.3 Å². The van der Waals surface area contributed by atoms with E-state index in [-0.39, 0.29) is 8.90 Å². The van der Waals surface area contributed by atoms with Gasteiger partial charge in [0.1, 0.15) is 5.75 Å². The molecule has 0 aliphatic heterocycles. The Labute approximate surface area is 164 Å². The van der Waals surface area contributed by atoms with Crippen molar-refractivity contribution >= 4 is 17.2 Å². The lowest BCUT2D eigenvalue weighted by molar-refractivity contribution is 0.415. The van der Waals surface area contributed by atoms with Gasteiger partial charge in [-0.3, -0.25) is 4.99 Å². The lowest BCUT2D eigenvalue weighted by Gasteiger charge is -2.10. The molecule has 0 fully saturated rings. The minimum atomic E-state index is -0.171. The first-order valence-electron chi connectivity index (χ1n) is 8.94. The van der Waals surface area contributed by atoms with E-state index in [1.807, 2.05) is 61.7 Å². The Hall–Kier alpha value is -2.92. The minimum absolute atomic E-state index is 0. The Bertz CT molecular complexity index is 833. The average Bonchev–Trinajstić information content (AvgIpc) is 2.70. The molecule has 0 aliphatic carbocycles. The number of anilines is 1. The van der Waals surface area contributed by atoms with E-state index in [4.69, 9.17) is 10.5 Å². The van der Waals surface area contributed by atoms with Gasteiger partial charge in [0, 0.05) is 32.9 Å². The quantitative estimate of drug-likeness (QED) is 0.551. The Kier molecular flexibility index (Phi) is 7.77. The van der Waals surface area contributed by atoms with Crippen LogP contribution in [0.15, 0.2) is 70.8 Å². The molecule has 2 aromatic rings. The van der Waals surface area contributed by atoms with Crippen LogP contribution in [0.4, 0.5) is 5.69 Å². The van der Waals surface area contributed by atoms with Crippen molar-refractivity contribution in [3.8, 4) is 5.75 Å². The first-order chi connectivity index (χ1) is 13.0. The molecule has 0 aromatic heterocycles. The summed E-state index contributed by atoms with van der Waals surface area (Å²) in [7, 11) is 3.38. The van der Waals surface area contributed by atoms with E-state index in [0.717, 1.165) is 22.7 Å². The van der Waals surface area contributed by atoms with Crippen LogP contribution in [-0.2, 0) is 0 Å². The molecule has 0 amide bonds. The largest absolute Gasteiger partial charge is 0.497 e. The maximum Gasteiger partial charge on any atom is 0.154 e. The fourth-order valence-electron chi connectivity index (χ4n) is 2.50. The summed E-state index contributed by atoms with van der Waals surface area (Å²) in [6.07, 6.45) is 4.63. The predicted octanol–water partition coefficient (Wildman–Crippen LogP) is 4.68. The molecule has 0 heterocycles. The van der Waals surface area contributed by atoms with E-state index in [9.17, 15) is 0 Å². The number of nitrogens with one attached hydrogen (secondary N) is 1. The highest BCUT2D eigenvalue weighted by Crippen LogP contribution is 2.14. The highest BCUT2D eigenvalue weighted by atomic mass is 16.5. The van der Waals surface area contributed by atoms with Gasteiger partial charge in [0.2, 0.25) is 0 Å². The Morgan fingerprint density at radius 3 is 2.56 bits per heavy atom. The summed E-state index contributed by atoms with van der Waals surface area (Å²) in [6, 6.07) is 15.7. The molecule has 0 radical (unpaired) electrons. The van der Waals surface area contributed by atoms with Crippen LogP contribution in [0.1, 0.15) is 27.3 Å². The third kappa shape index (κ3) is 6.08. The molecule has 0 aliphatic rings. The minimum Gasteiger partial charge on any atom is -0.497 e. The van der Waals surface area contributed by atoms with Crippen molar-refractivity contribution in [3.63, 3.8) is 0 Å². The zero-order valence-electron chi connectivity index (χ0n) is 16.4. The van der Waals surface area contributed by atoms with Crippen LogP contribution >= 0.6 is 0 Å². The van der Waals surface area contributed by atoms with Gasteiger partial charge in [0.15, 0.2) is 5.84 Å². The maximum atomic E-state index is 6.27. The van der Waals surface area contributed by atoms with E-state index in [1.54, 1.807) is 14.2 Å². The van der Waals surface area contributed by atoms with Crippen molar-refractivity contribution in [1.82, 2.24) is 0 Å². The highest BCUT2D eigenvalue weighted by molar-refractivity contribution is 6.07. The summed E-state index contributed by atoms with van der Waals surface area (Å²) in [5.41, 5.74) is 10.3. The monoisotopic (exact) mass is 368 g/mol. The molecular formula is C22H32N4O. The van der Waals surface area contributed by atoms with Crippen LogP contribution in [0, 0.1) is 6.92 Å². The number of aliphatic imine (C=N–C) groups is 2. The van der Waals surface area contributed by atoms with Crippen molar-refractivity contribution in [2.45, 2.75) is 26.3 Å². The molecule has 5 heteroatoms. The number of benzene rings is 2. The lowest BCUT2D eigenvalue weighted by atomic mass is 10.1. The number of nitrogens with two attached hydrogens (primary N) is 1. The summed E-state index contributed by atoms with van der Waals surface area (Å²) in [5.74, 6) is 1.46. The van der Waals surface area contributed by atoms with Crippen molar-refractivity contribution in [3.05, 3.63) is 71.9 Å². The van der Waals surface area contributed by atoms with Crippen LogP contribution in [0.3, 0.4) is 0 Å². The Balaban J connectivity index is 0.00000392. The van der Waals surface area contributed by atoms with E-state index in [1.165, 1.54) is 5.56 Å². The van der Waals surface area contributed by atoms with Gasteiger partial charge >= 0.3 is 0 Å². The number of ether oxygens (including phenoxy) is 1. The SMILES string of the molecule is CN=C(N=C(C)[C@@H](N)C/C=C/Nc1ccccc1C)c1ccc(OC)cc1.[HH].[HH]. The molecule has 2 aromatic carbocycles. The number of rotatable bonds is 7. The number of methoxy groups -OCH3 is 1. The smallest absolute Gasteiger partial charge is 0.154 e. The molecule has 2 rings (SSSR count). The van der Waals surface area contributed by atoms with Gasteiger partial charge in [-0.15, -0.1) is 0 Å². The normalized spacial score (nSPS) is 13.7. The zero-order chi connectivity index (χ0) is 19.6. The van der Waals surface area contributed by atoms with Gasteiger partial charge in [-0.1, -0.05) is 24.3 Å². The van der Waals surface area contributed by atoms with Crippen molar-refractivity contribution in [2.24, 2.45) is 15.7 Å². The summed E-state index contributed by atoms with van der Waals surface area (Å²) < 4.78 is 5.19. The number of amidine groups is 1. The van der Waals surface area contributed by atoms with Crippen LogP contribution in [0.25, 0.3) is 0 Å². The maximum absolute atomic E-state index is 6.27. The van der Waals surface area contributed by atoms with Crippen LogP contribution < -0.4 is 15.8 Å².